The summed E-state index contributed by atoms with van der Waals surface area (Å²) < 4.78 is 0. The van der Waals surface area contributed by atoms with Crippen LogP contribution in [-0.4, -0.2) is 0 Å². The summed E-state index contributed by atoms with van der Waals surface area (Å²) in [6, 6.07) is 72.4. The van der Waals surface area contributed by atoms with Crippen LogP contribution in [0.3, 0.4) is 0 Å². The average Bonchev–Trinajstić information content (AvgIpc) is 3.55. The van der Waals surface area contributed by atoms with Gasteiger partial charge in [0.05, 0.1) is 0 Å². The number of benzene rings is 9. The van der Waals surface area contributed by atoms with Crippen LogP contribution in [0.1, 0.15) is 66.1 Å². The Bertz CT molecular complexity index is 3220. The molecule has 9 aromatic carbocycles. The number of hydrogen-bond donors (Lipinski definition) is 0. The molecule has 0 unspecified atom stereocenters. The first-order valence-electron chi connectivity index (χ1n) is 23.3. The molecular formula is C64H57N. The number of aryl methyl sites for hydroxylation is 4. The van der Waals surface area contributed by atoms with Gasteiger partial charge in [0.1, 0.15) is 0 Å². The van der Waals surface area contributed by atoms with Crippen LogP contribution in [0.2, 0.25) is 0 Å². The normalized spacial score (nSPS) is 12.5. The van der Waals surface area contributed by atoms with E-state index in [1.165, 1.54) is 106 Å². The highest BCUT2D eigenvalue weighted by Gasteiger charge is 2.36. The summed E-state index contributed by atoms with van der Waals surface area (Å²) in [4.78, 5) is 2.46. The molecule has 0 atom stereocenters. The summed E-state index contributed by atoms with van der Waals surface area (Å²) in [7, 11) is 0. The molecule has 1 heteroatoms. The third-order valence-corrected chi connectivity index (χ3v) is 14.1. The van der Waals surface area contributed by atoms with Gasteiger partial charge in [-0.05, 0) is 182 Å². The lowest BCUT2D eigenvalue weighted by atomic mass is 9.80. The molecule has 0 N–H and O–H groups in total. The topological polar surface area (TPSA) is 3.24 Å². The summed E-state index contributed by atoms with van der Waals surface area (Å²) in [6.07, 6.45) is 2.16. The van der Waals surface area contributed by atoms with Crippen molar-refractivity contribution < 1.29 is 0 Å². The van der Waals surface area contributed by atoms with E-state index in [2.05, 4.69) is 247 Å². The average molecular weight is 840 g/mol. The molecule has 0 bridgehead atoms. The van der Waals surface area contributed by atoms with E-state index in [4.69, 9.17) is 0 Å². The molecule has 1 aliphatic carbocycles. The van der Waals surface area contributed by atoms with Crippen LogP contribution in [0, 0.1) is 27.7 Å². The first-order chi connectivity index (χ1) is 31.6. The lowest BCUT2D eigenvalue weighted by molar-refractivity contribution is 0.660. The smallest absolute Gasteiger partial charge is 0.0467 e. The van der Waals surface area contributed by atoms with Crippen molar-refractivity contribution in [3.8, 4) is 66.8 Å². The lowest BCUT2D eigenvalue weighted by Crippen LogP contribution is -2.17. The first kappa shape index (κ1) is 41.8. The van der Waals surface area contributed by atoms with Crippen molar-refractivity contribution >= 4 is 17.1 Å². The third-order valence-electron chi connectivity index (χ3n) is 14.1. The molecule has 0 amide bonds. The summed E-state index contributed by atoms with van der Waals surface area (Å²) >= 11 is 0. The number of rotatable bonds is 10. The fourth-order valence-electron chi connectivity index (χ4n) is 10.6. The fourth-order valence-corrected chi connectivity index (χ4v) is 10.6. The highest BCUT2D eigenvalue weighted by Crippen LogP contribution is 2.53. The second kappa shape index (κ2) is 17.1. The van der Waals surface area contributed by atoms with Gasteiger partial charge in [-0.1, -0.05) is 179 Å². The number of hydrogen-bond acceptors (Lipinski definition) is 1. The van der Waals surface area contributed by atoms with Crippen molar-refractivity contribution in [1.82, 2.24) is 0 Å². The van der Waals surface area contributed by atoms with E-state index in [0.29, 0.717) is 0 Å². The molecule has 0 spiro atoms. The minimum atomic E-state index is -0.234. The highest BCUT2D eigenvalue weighted by atomic mass is 15.1. The Morgan fingerprint density at radius 3 is 1.68 bits per heavy atom. The van der Waals surface area contributed by atoms with Crippen LogP contribution in [0.15, 0.2) is 194 Å². The summed E-state index contributed by atoms with van der Waals surface area (Å²) in [6.45, 7) is 16.1. The van der Waals surface area contributed by atoms with E-state index in [1.54, 1.807) is 0 Å². The first-order valence-corrected chi connectivity index (χ1v) is 23.3. The Kier molecular flexibility index (Phi) is 11.0. The largest absolute Gasteiger partial charge is 0.310 e. The molecular weight excluding hydrogens is 783 g/mol. The van der Waals surface area contributed by atoms with Crippen molar-refractivity contribution in [1.29, 1.82) is 0 Å². The van der Waals surface area contributed by atoms with E-state index in [1.807, 2.05) is 0 Å². The van der Waals surface area contributed by atoms with Crippen LogP contribution < -0.4 is 4.90 Å². The van der Waals surface area contributed by atoms with Crippen molar-refractivity contribution in [2.24, 2.45) is 0 Å². The van der Waals surface area contributed by atoms with Gasteiger partial charge >= 0.3 is 0 Å². The molecule has 10 rings (SSSR count). The van der Waals surface area contributed by atoms with Crippen LogP contribution in [0.5, 0.6) is 0 Å². The second-order valence-electron chi connectivity index (χ2n) is 18.6. The van der Waals surface area contributed by atoms with Crippen LogP contribution >= 0.6 is 0 Å². The quantitative estimate of drug-likeness (QED) is 0.133. The number of nitrogens with zero attached hydrogens (tertiary/aromatic N) is 1. The second-order valence-corrected chi connectivity index (χ2v) is 18.6. The van der Waals surface area contributed by atoms with E-state index in [-0.39, 0.29) is 5.41 Å². The molecule has 0 aliphatic heterocycles. The van der Waals surface area contributed by atoms with Gasteiger partial charge in [-0.2, -0.15) is 0 Å². The third kappa shape index (κ3) is 7.49. The molecule has 65 heavy (non-hydrogen) atoms. The summed E-state index contributed by atoms with van der Waals surface area (Å²) in [5, 5.41) is 0. The molecule has 9 aromatic rings. The van der Waals surface area contributed by atoms with Gasteiger partial charge in [0.15, 0.2) is 0 Å². The number of anilines is 3. The van der Waals surface area contributed by atoms with Crippen molar-refractivity contribution in [3.05, 3.63) is 233 Å². The zero-order chi connectivity index (χ0) is 44.8. The summed E-state index contributed by atoms with van der Waals surface area (Å²) in [5.74, 6) is 0. The summed E-state index contributed by atoms with van der Waals surface area (Å²) in [5.41, 5.74) is 27.8. The Labute approximate surface area is 386 Å². The zero-order valence-corrected chi connectivity index (χ0v) is 38.8. The predicted octanol–water partition coefficient (Wildman–Crippen LogP) is 18.0. The fraction of sp³-hybridized carbons (Fsp3) is 0.156. The van der Waals surface area contributed by atoms with Crippen molar-refractivity contribution in [2.45, 2.75) is 66.7 Å². The van der Waals surface area contributed by atoms with Gasteiger partial charge in [0.2, 0.25) is 0 Å². The van der Waals surface area contributed by atoms with E-state index < -0.39 is 0 Å². The maximum absolute atomic E-state index is 2.48. The molecule has 0 saturated heterocycles. The van der Waals surface area contributed by atoms with Crippen LogP contribution in [0.4, 0.5) is 17.1 Å². The maximum atomic E-state index is 2.48. The van der Waals surface area contributed by atoms with Gasteiger partial charge in [0, 0.05) is 22.5 Å². The molecule has 318 valence electrons. The molecule has 1 nitrogen and oxygen atoms in total. The molecule has 0 aromatic heterocycles. The Balaban J connectivity index is 1.07. The Morgan fingerprint density at radius 2 is 0.908 bits per heavy atom. The van der Waals surface area contributed by atoms with Gasteiger partial charge in [0.25, 0.3) is 0 Å². The standard InChI is InChI=1S/C64H57N/c1-8-18-48-23-13-15-25-56(48)60-40-51(33-29-43(60)3)65(50-34-30-47(31-35-50)46-21-10-9-11-22-46)52-36-38-59-58-37-32-49(39-61(58)64(6,7)62(59)41-52)57-28-16-20-44(4)63(57)55-27-17-26-54(45(55)5)53-24-14-12-19-42(53)2/h9-17,19-41H,8,18H2,1-7H3. The Morgan fingerprint density at radius 1 is 0.369 bits per heavy atom. The molecule has 0 fully saturated rings. The molecule has 0 heterocycles. The zero-order valence-electron chi connectivity index (χ0n) is 38.8. The van der Waals surface area contributed by atoms with Crippen molar-refractivity contribution in [2.75, 3.05) is 4.90 Å². The SMILES string of the molecule is CCCc1ccccc1-c1cc(N(c2ccc(-c3ccccc3)cc2)c2ccc3c(c2)C(C)(C)c2cc(-c4cccc(C)c4-c4cccc(-c5ccccc5C)c4C)ccc2-3)ccc1C. The maximum Gasteiger partial charge on any atom is 0.0467 e. The molecule has 0 saturated carbocycles. The molecule has 0 radical (unpaired) electrons. The Hall–Kier alpha value is -7.22. The van der Waals surface area contributed by atoms with Gasteiger partial charge in [-0.15, -0.1) is 0 Å². The van der Waals surface area contributed by atoms with Crippen LogP contribution in [0.25, 0.3) is 66.8 Å². The number of fused-ring (bicyclic) bond motifs is 3. The van der Waals surface area contributed by atoms with Gasteiger partial charge in [-0.25, -0.2) is 0 Å². The van der Waals surface area contributed by atoms with E-state index in [9.17, 15) is 0 Å². The lowest BCUT2D eigenvalue weighted by Gasteiger charge is -2.29. The van der Waals surface area contributed by atoms with Gasteiger partial charge in [-0.3, -0.25) is 0 Å². The minimum Gasteiger partial charge on any atom is -0.310 e. The van der Waals surface area contributed by atoms with Crippen molar-refractivity contribution in [3.63, 3.8) is 0 Å². The minimum absolute atomic E-state index is 0.234. The highest BCUT2D eigenvalue weighted by molar-refractivity contribution is 5.93. The van der Waals surface area contributed by atoms with E-state index in [0.717, 1.165) is 29.9 Å². The predicted molar refractivity (Wildman–Crippen MR) is 279 cm³/mol. The van der Waals surface area contributed by atoms with Crippen LogP contribution in [-0.2, 0) is 11.8 Å². The van der Waals surface area contributed by atoms with Gasteiger partial charge < -0.3 is 4.90 Å². The monoisotopic (exact) mass is 839 g/mol. The van der Waals surface area contributed by atoms with E-state index >= 15 is 0 Å². The molecule has 1 aliphatic rings.